The average molecular weight is 268 g/mol. The number of pyridine rings is 1. The zero-order chi connectivity index (χ0) is 12.4. The Morgan fingerprint density at radius 2 is 2.00 bits per heavy atom. The Balaban J connectivity index is 2.31. The van der Waals surface area contributed by atoms with Crippen molar-refractivity contribution in [3.63, 3.8) is 0 Å². The minimum atomic E-state index is 0.551. The van der Waals surface area contributed by atoms with Gasteiger partial charge in [0.25, 0.3) is 0 Å². The van der Waals surface area contributed by atoms with Crippen LogP contribution in [0.25, 0.3) is 0 Å². The van der Waals surface area contributed by atoms with Crippen molar-refractivity contribution in [1.29, 1.82) is 0 Å². The number of nitrogens with two attached hydrogens (primary N) is 1. The third-order valence-electron chi connectivity index (χ3n) is 2.28. The molecule has 88 valence electrons. The summed E-state index contributed by atoms with van der Waals surface area (Å²) in [5, 5.41) is 4.29. The lowest BCUT2D eigenvalue weighted by molar-refractivity contribution is 1.26. The number of hydrogen-bond acceptors (Lipinski definition) is 3. The van der Waals surface area contributed by atoms with Gasteiger partial charge in [-0.2, -0.15) is 0 Å². The van der Waals surface area contributed by atoms with Crippen LogP contribution in [0.3, 0.4) is 0 Å². The lowest BCUT2D eigenvalue weighted by atomic mass is 10.2. The summed E-state index contributed by atoms with van der Waals surface area (Å²) in [4.78, 5) is 4.21. The van der Waals surface area contributed by atoms with Crippen LogP contribution in [0.4, 0.5) is 17.2 Å². The van der Waals surface area contributed by atoms with E-state index in [4.69, 9.17) is 28.9 Å². The summed E-state index contributed by atoms with van der Waals surface area (Å²) in [6.07, 6.45) is 1.60. The molecule has 0 aliphatic rings. The molecule has 3 nitrogen and oxygen atoms in total. The van der Waals surface area contributed by atoms with E-state index in [1.54, 1.807) is 18.3 Å². The maximum atomic E-state index is 6.06. The highest BCUT2D eigenvalue weighted by Gasteiger charge is 2.05. The van der Waals surface area contributed by atoms with Gasteiger partial charge in [0.2, 0.25) is 0 Å². The molecule has 0 aliphatic heterocycles. The van der Waals surface area contributed by atoms with Crippen LogP contribution < -0.4 is 11.1 Å². The summed E-state index contributed by atoms with van der Waals surface area (Å²) in [5.74, 6) is 0.725. The number of rotatable bonds is 2. The fourth-order valence-corrected chi connectivity index (χ4v) is 1.90. The van der Waals surface area contributed by atoms with Crippen molar-refractivity contribution in [1.82, 2.24) is 4.98 Å². The van der Waals surface area contributed by atoms with Gasteiger partial charge in [0.1, 0.15) is 5.82 Å². The largest absolute Gasteiger partial charge is 0.397 e. The molecule has 0 bridgehead atoms. The van der Waals surface area contributed by atoms with Gasteiger partial charge >= 0.3 is 0 Å². The SMILES string of the molecule is Cc1cc(N)cnc1Nc1ccc(Cl)cc1Cl. The smallest absolute Gasteiger partial charge is 0.133 e. The van der Waals surface area contributed by atoms with Gasteiger partial charge in [-0.3, -0.25) is 0 Å². The fraction of sp³-hybridized carbons (Fsp3) is 0.0833. The van der Waals surface area contributed by atoms with Crippen LogP contribution in [0.15, 0.2) is 30.5 Å². The molecule has 17 heavy (non-hydrogen) atoms. The van der Waals surface area contributed by atoms with Crippen molar-refractivity contribution in [2.45, 2.75) is 6.92 Å². The summed E-state index contributed by atoms with van der Waals surface area (Å²) in [7, 11) is 0. The Morgan fingerprint density at radius 3 is 2.65 bits per heavy atom. The molecule has 0 radical (unpaired) electrons. The van der Waals surface area contributed by atoms with Crippen LogP contribution in [0.5, 0.6) is 0 Å². The molecule has 2 aromatic rings. The molecule has 0 saturated heterocycles. The van der Waals surface area contributed by atoms with E-state index in [-0.39, 0.29) is 0 Å². The predicted molar refractivity (Wildman–Crippen MR) is 73.1 cm³/mol. The van der Waals surface area contributed by atoms with Gasteiger partial charge in [-0.15, -0.1) is 0 Å². The number of hydrogen-bond donors (Lipinski definition) is 2. The molecule has 0 spiro atoms. The van der Waals surface area contributed by atoms with Crippen molar-refractivity contribution in [2.75, 3.05) is 11.1 Å². The summed E-state index contributed by atoms with van der Waals surface area (Å²) in [5.41, 5.74) is 7.99. The van der Waals surface area contributed by atoms with Crippen LogP contribution in [0.2, 0.25) is 10.0 Å². The van der Waals surface area contributed by atoms with E-state index < -0.39 is 0 Å². The first kappa shape index (κ1) is 12.0. The molecule has 0 atom stereocenters. The molecule has 0 amide bonds. The van der Waals surface area contributed by atoms with Crippen LogP contribution in [0.1, 0.15) is 5.56 Å². The fourth-order valence-electron chi connectivity index (χ4n) is 1.45. The van der Waals surface area contributed by atoms with Gasteiger partial charge < -0.3 is 11.1 Å². The van der Waals surface area contributed by atoms with E-state index in [0.717, 1.165) is 17.1 Å². The highest BCUT2D eigenvalue weighted by Crippen LogP contribution is 2.28. The topological polar surface area (TPSA) is 50.9 Å². The Labute approximate surface area is 110 Å². The second-order valence-corrected chi connectivity index (χ2v) is 4.53. The third kappa shape index (κ3) is 2.81. The first-order chi connectivity index (χ1) is 8.06. The molecular weight excluding hydrogens is 257 g/mol. The first-order valence-electron chi connectivity index (χ1n) is 5.00. The van der Waals surface area contributed by atoms with Crippen LogP contribution in [-0.4, -0.2) is 4.98 Å². The molecular formula is C12H11Cl2N3. The number of nitrogen functional groups attached to an aromatic ring is 1. The van der Waals surface area contributed by atoms with Crippen molar-refractivity contribution in [2.24, 2.45) is 0 Å². The van der Waals surface area contributed by atoms with Crippen molar-refractivity contribution in [3.8, 4) is 0 Å². The van der Waals surface area contributed by atoms with Gasteiger partial charge in [0.15, 0.2) is 0 Å². The molecule has 1 heterocycles. The number of benzene rings is 1. The number of aryl methyl sites for hydroxylation is 1. The Hall–Kier alpha value is -1.45. The lowest BCUT2D eigenvalue weighted by Crippen LogP contribution is -1.98. The molecule has 0 fully saturated rings. The molecule has 2 rings (SSSR count). The molecule has 0 aliphatic carbocycles. The van der Waals surface area contributed by atoms with Gasteiger partial charge in [0.05, 0.1) is 22.6 Å². The summed E-state index contributed by atoms with van der Waals surface area (Å²) in [6, 6.07) is 7.10. The molecule has 5 heteroatoms. The summed E-state index contributed by atoms with van der Waals surface area (Å²) >= 11 is 11.9. The van der Waals surface area contributed by atoms with Crippen molar-refractivity contribution >= 4 is 40.4 Å². The van der Waals surface area contributed by atoms with Gasteiger partial charge in [-0.05, 0) is 36.8 Å². The molecule has 1 aromatic carbocycles. The monoisotopic (exact) mass is 267 g/mol. The Bertz CT molecular complexity index is 506. The molecule has 3 N–H and O–H groups in total. The average Bonchev–Trinajstić information content (AvgIpc) is 2.25. The zero-order valence-corrected chi connectivity index (χ0v) is 10.7. The van der Waals surface area contributed by atoms with Crippen molar-refractivity contribution < 1.29 is 0 Å². The van der Waals surface area contributed by atoms with Crippen LogP contribution >= 0.6 is 23.2 Å². The normalized spacial score (nSPS) is 10.3. The van der Waals surface area contributed by atoms with E-state index in [1.807, 2.05) is 19.1 Å². The number of nitrogens with one attached hydrogen (secondary N) is 1. The van der Waals surface area contributed by atoms with E-state index >= 15 is 0 Å². The second-order valence-electron chi connectivity index (χ2n) is 3.68. The first-order valence-corrected chi connectivity index (χ1v) is 5.76. The van der Waals surface area contributed by atoms with Gasteiger partial charge in [-0.25, -0.2) is 4.98 Å². The zero-order valence-electron chi connectivity index (χ0n) is 9.17. The summed E-state index contributed by atoms with van der Waals surface area (Å²) in [6.45, 7) is 1.93. The maximum Gasteiger partial charge on any atom is 0.133 e. The number of nitrogens with zero attached hydrogens (tertiary/aromatic N) is 1. The highest BCUT2D eigenvalue weighted by molar-refractivity contribution is 6.36. The van der Waals surface area contributed by atoms with Crippen LogP contribution in [-0.2, 0) is 0 Å². The number of halogens is 2. The molecule has 1 aromatic heterocycles. The van der Waals surface area contributed by atoms with Gasteiger partial charge in [0, 0.05) is 5.02 Å². The van der Waals surface area contributed by atoms with E-state index in [2.05, 4.69) is 10.3 Å². The predicted octanol–water partition coefficient (Wildman–Crippen LogP) is 4.02. The molecule has 0 saturated carbocycles. The minimum absolute atomic E-state index is 0.551. The lowest BCUT2D eigenvalue weighted by Gasteiger charge is -2.10. The summed E-state index contributed by atoms with van der Waals surface area (Å²) < 4.78 is 0. The van der Waals surface area contributed by atoms with E-state index in [1.165, 1.54) is 0 Å². The standard InChI is InChI=1S/C12H11Cl2N3/c1-7-4-9(15)6-16-12(7)17-11-3-2-8(13)5-10(11)14/h2-6H,15H2,1H3,(H,16,17). The minimum Gasteiger partial charge on any atom is -0.397 e. The quantitative estimate of drug-likeness (QED) is 0.864. The number of anilines is 3. The van der Waals surface area contributed by atoms with E-state index in [0.29, 0.717) is 15.7 Å². The van der Waals surface area contributed by atoms with Crippen molar-refractivity contribution in [3.05, 3.63) is 46.1 Å². The maximum absolute atomic E-state index is 6.06. The van der Waals surface area contributed by atoms with E-state index in [9.17, 15) is 0 Å². The molecule has 0 unspecified atom stereocenters. The number of aromatic nitrogens is 1. The Kier molecular flexibility index (Phi) is 3.41. The third-order valence-corrected chi connectivity index (χ3v) is 2.83. The highest BCUT2D eigenvalue weighted by atomic mass is 35.5. The second kappa shape index (κ2) is 4.82. The van der Waals surface area contributed by atoms with Gasteiger partial charge in [-0.1, -0.05) is 23.2 Å². The van der Waals surface area contributed by atoms with Crippen LogP contribution in [0, 0.1) is 6.92 Å². The Morgan fingerprint density at radius 1 is 1.24 bits per heavy atom.